The van der Waals surface area contributed by atoms with Gasteiger partial charge in [0, 0.05) is 11.8 Å². The van der Waals surface area contributed by atoms with Gasteiger partial charge in [-0.1, -0.05) is 0 Å². The Kier molecular flexibility index (Phi) is 3.57. The van der Waals surface area contributed by atoms with Crippen molar-refractivity contribution in [1.29, 1.82) is 0 Å². The lowest BCUT2D eigenvalue weighted by Gasteiger charge is -2.06. The second kappa shape index (κ2) is 5.31. The molecule has 1 amide bonds. The number of nitrogens with one attached hydrogen (secondary N) is 2. The zero-order valence-electron chi connectivity index (χ0n) is 9.74. The fourth-order valence-electron chi connectivity index (χ4n) is 1.46. The molecule has 1 aromatic heterocycles. The molecule has 0 spiro atoms. The first-order valence-electron chi connectivity index (χ1n) is 5.30. The van der Waals surface area contributed by atoms with E-state index in [9.17, 15) is 9.18 Å². The third kappa shape index (κ3) is 2.65. The quantitative estimate of drug-likeness (QED) is 0.862. The molecule has 0 saturated heterocycles. The van der Waals surface area contributed by atoms with Gasteiger partial charge in [0.25, 0.3) is 5.91 Å². The minimum atomic E-state index is -0.498. The minimum absolute atomic E-state index is 0.0455. The van der Waals surface area contributed by atoms with E-state index in [1.54, 1.807) is 12.3 Å². The number of hydrogen-bond donors (Lipinski definition) is 2. The number of methoxy groups -OCH3 is 1. The van der Waals surface area contributed by atoms with Gasteiger partial charge in [-0.15, -0.1) is 0 Å². The van der Waals surface area contributed by atoms with Gasteiger partial charge in [0.15, 0.2) is 11.6 Å². The molecule has 1 heterocycles. The predicted octanol–water partition coefficient (Wildman–Crippen LogP) is 1.49. The highest BCUT2D eigenvalue weighted by atomic mass is 19.1. The topological polar surface area (TPSA) is 67.0 Å². The second-order valence-electron chi connectivity index (χ2n) is 3.61. The van der Waals surface area contributed by atoms with Crippen molar-refractivity contribution in [2.75, 3.05) is 7.11 Å². The van der Waals surface area contributed by atoms with Gasteiger partial charge in [-0.2, -0.15) is 5.10 Å². The van der Waals surface area contributed by atoms with Crippen molar-refractivity contribution < 1.29 is 13.9 Å². The van der Waals surface area contributed by atoms with Gasteiger partial charge in [-0.3, -0.25) is 9.89 Å². The summed E-state index contributed by atoms with van der Waals surface area (Å²) in [4.78, 5) is 11.8. The number of amides is 1. The van der Waals surface area contributed by atoms with Crippen molar-refractivity contribution in [2.24, 2.45) is 0 Å². The Labute approximate surface area is 103 Å². The van der Waals surface area contributed by atoms with Crippen molar-refractivity contribution in [3.8, 4) is 5.75 Å². The van der Waals surface area contributed by atoms with Crippen LogP contribution in [0, 0.1) is 5.82 Å². The van der Waals surface area contributed by atoms with Crippen molar-refractivity contribution in [2.45, 2.75) is 6.54 Å². The van der Waals surface area contributed by atoms with Crippen LogP contribution in [0.4, 0.5) is 4.39 Å². The number of ether oxygens (including phenoxy) is 1. The average molecular weight is 249 g/mol. The molecule has 1 aromatic carbocycles. The van der Waals surface area contributed by atoms with Gasteiger partial charge >= 0.3 is 0 Å². The van der Waals surface area contributed by atoms with Gasteiger partial charge in [0.1, 0.15) is 0 Å². The molecule has 0 fully saturated rings. The van der Waals surface area contributed by atoms with E-state index in [0.29, 0.717) is 12.1 Å². The van der Waals surface area contributed by atoms with E-state index >= 15 is 0 Å². The van der Waals surface area contributed by atoms with Crippen LogP contribution in [0.1, 0.15) is 16.1 Å². The average Bonchev–Trinajstić information content (AvgIpc) is 2.89. The highest BCUT2D eigenvalue weighted by Gasteiger charge is 2.09. The molecular formula is C12H12FN3O2. The van der Waals surface area contributed by atoms with Gasteiger partial charge < -0.3 is 10.1 Å². The van der Waals surface area contributed by atoms with E-state index < -0.39 is 5.82 Å². The van der Waals surface area contributed by atoms with Gasteiger partial charge in [-0.25, -0.2) is 4.39 Å². The number of H-pyrrole nitrogens is 1. The number of halogens is 1. The Morgan fingerprint density at radius 2 is 2.33 bits per heavy atom. The van der Waals surface area contributed by atoms with Crippen LogP contribution in [0.15, 0.2) is 30.5 Å². The zero-order chi connectivity index (χ0) is 13.0. The van der Waals surface area contributed by atoms with Crippen molar-refractivity contribution >= 4 is 5.91 Å². The van der Waals surface area contributed by atoms with E-state index in [4.69, 9.17) is 4.74 Å². The normalized spacial score (nSPS) is 10.1. The van der Waals surface area contributed by atoms with Crippen molar-refractivity contribution in [3.63, 3.8) is 0 Å². The lowest BCUT2D eigenvalue weighted by molar-refractivity contribution is 0.0950. The van der Waals surface area contributed by atoms with Gasteiger partial charge in [0.2, 0.25) is 0 Å². The Balaban J connectivity index is 2.04. The molecule has 0 saturated carbocycles. The molecule has 2 rings (SSSR count). The maximum atomic E-state index is 13.2. The summed E-state index contributed by atoms with van der Waals surface area (Å²) in [6.07, 6.45) is 1.60. The van der Waals surface area contributed by atoms with Crippen LogP contribution in [-0.4, -0.2) is 23.2 Å². The van der Waals surface area contributed by atoms with Crippen LogP contribution < -0.4 is 10.1 Å². The summed E-state index contributed by atoms with van der Waals surface area (Å²) in [5, 5.41) is 9.18. The highest BCUT2D eigenvalue weighted by Crippen LogP contribution is 2.18. The molecule has 0 radical (unpaired) electrons. The van der Waals surface area contributed by atoms with E-state index in [1.165, 1.54) is 25.3 Å². The van der Waals surface area contributed by atoms with Crippen LogP contribution in [-0.2, 0) is 6.54 Å². The summed E-state index contributed by atoms with van der Waals surface area (Å²) in [6, 6.07) is 5.72. The molecule has 0 aliphatic carbocycles. The Morgan fingerprint density at radius 1 is 1.50 bits per heavy atom. The number of carbonyl (C=O) groups excluding carboxylic acids is 1. The number of nitrogens with zero attached hydrogens (tertiary/aromatic N) is 1. The van der Waals surface area contributed by atoms with Crippen LogP contribution in [0.3, 0.4) is 0 Å². The summed E-state index contributed by atoms with van der Waals surface area (Å²) < 4.78 is 18.0. The molecule has 5 nitrogen and oxygen atoms in total. The third-order valence-electron chi connectivity index (χ3n) is 2.41. The summed E-state index contributed by atoms with van der Waals surface area (Å²) in [6.45, 7) is 0.332. The smallest absolute Gasteiger partial charge is 0.251 e. The zero-order valence-corrected chi connectivity index (χ0v) is 9.74. The summed E-state index contributed by atoms with van der Waals surface area (Å²) in [5.74, 6) is -0.755. The van der Waals surface area contributed by atoms with E-state index in [0.717, 1.165) is 5.69 Å². The monoisotopic (exact) mass is 249 g/mol. The molecule has 0 bridgehead atoms. The first-order chi connectivity index (χ1) is 8.70. The van der Waals surface area contributed by atoms with Crippen molar-refractivity contribution in [3.05, 3.63) is 47.5 Å². The fraction of sp³-hybridized carbons (Fsp3) is 0.167. The van der Waals surface area contributed by atoms with Crippen LogP contribution in [0.25, 0.3) is 0 Å². The number of hydrogen-bond acceptors (Lipinski definition) is 3. The van der Waals surface area contributed by atoms with Gasteiger partial charge in [-0.05, 0) is 24.3 Å². The lowest BCUT2D eigenvalue weighted by atomic mass is 10.2. The molecular weight excluding hydrogens is 237 g/mol. The lowest BCUT2D eigenvalue weighted by Crippen LogP contribution is -2.23. The van der Waals surface area contributed by atoms with Crippen molar-refractivity contribution in [1.82, 2.24) is 15.5 Å². The van der Waals surface area contributed by atoms with E-state index in [-0.39, 0.29) is 11.7 Å². The first kappa shape index (κ1) is 12.1. The summed E-state index contributed by atoms with van der Waals surface area (Å²) in [5.41, 5.74) is 1.13. The number of aromatic nitrogens is 2. The largest absolute Gasteiger partial charge is 0.494 e. The Hall–Kier alpha value is -2.37. The summed E-state index contributed by atoms with van der Waals surface area (Å²) in [7, 11) is 1.35. The standard InChI is InChI=1S/C12H12FN3O2/c1-18-11-6-8(2-3-10(11)13)12(17)14-7-9-4-5-15-16-9/h2-6H,7H2,1H3,(H,14,17)(H,15,16). The highest BCUT2D eigenvalue weighted by molar-refractivity contribution is 5.94. The third-order valence-corrected chi connectivity index (χ3v) is 2.41. The number of aromatic amines is 1. The molecule has 18 heavy (non-hydrogen) atoms. The van der Waals surface area contributed by atoms with E-state index in [2.05, 4.69) is 15.5 Å². The molecule has 94 valence electrons. The summed E-state index contributed by atoms with van der Waals surface area (Å²) >= 11 is 0. The maximum Gasteiger partial charge on any atom is 0.251 e. The fourth-order valence-corrected chi connectivity index (χ4v) is 1.46. The van der Waals surface area contributed by atoms with Crippen LogP contribution >= 0.6 is 0 Å². The number of benzene rings is 1. The molecule has 2 N–H and O–H groups in total. The molecule has 0 atom stereocenters. The maximum absolute atomic E-state index is 13.2. The molecule has 2 aromatic rings. The minimum Gasteiger partial charge on any atom is -0.494 e. The predicted molar refractivity (Wildman–Crippen MR) is 62.7 cm³/mol. The van der Waals surface area contributed by atoms with Crippen LogP contribution in [0.2, 0.25) is 0 Å². The van der Waals surface area contributed by atoms with Gasteiger partial charge in [0.05, 0.1) is 19.3 Å². The Morgan fingerprint density at radius 3 is 3.00 bits per heavy atom. The Bertz CT molecular complexity index is 540. The van der Waals surface area contributed by atoms with Crippen LogP contribution in [0.5, 0.6) is 5.75 Å². The first-order valence-corrected chi connectivity index (χ1v) is 5.30. The molecule has 0 aliphatic rings. The SMILES string of the molecule is COc1cc(C(=O)NCc2ccn[nH]2)ccc1F. The number of rotatable bonds is 4. The second-order valence-corrected chi connectivity index (χ2v) is 3.61. The molecule has 6 heteroatoms. The number of carbonyl (C=O) groups is 1. The molecule has 0 unspecified atom stereocenters. The molecule has 0 aliphatic heterocycles. The van der Waals surface area contributed by atoms with E-state index in [1.807, 2.05) is 0 Å².